The van der Waals surface area contributed by atoms with Crippen molar-refractivity contribution in [3.63, 3.8) is 0 Å². The number of esters is 3. The van der Waals surface area contributed by atoms with Crippen molar-refractivity contribution in [2.75, 3.05) is 13.2 Å². The molecule has 70 heavy (non-hydrogen) atoms. The molecule has 0 aliphatic rings. The van der Waals surface area contributed by atoms with Crippen molar-refractivity contribution >= 4 is 17.9 Å². The Balaban J connectivity index is 4.43. The number of hydrogen-bond acceptors (Lipinski definition) is 6. The van der Waals surface area contributed by atoms with Crippen LogP contribution < -0.4 is 0 Å². The third-order valence-electron chi connectivity index (χ3n) is 12.0. The average Bonchev–Trinajstić information content (AvgIpc) is 3.36. The van der Waals surface area contributed by atoms with Crippen LogP contribution in [-0.4, -0.2) is 37.2 Å². The predicted molar refractivity (Wildman–Crippen MR) is 302 cm³/mol. The van der Waals surface area contributed by atoms with E-state index in [1.807, 2.05) is 0 Å². The molecule has 0 saturated carbocycles. The molecule has 0 aliphatic carbocycles. The van der Waals surface area contributed by atoms with E-state index < -0.39 is 6.10 Å². The summed E-state index contributed by atoms with van der Waals surface area (Å²) in [5.74, 6) is -0.948. The summed E-state index contributed by atoms with van der Waals surface area (Å²) in [6.45, 7) is 6.46. The van der Waals surface area contributed by atoms with E-state index in [0.29, 0.717) is 19.3 Å². The molecule has 0 aromatic rings. The largest absolute Gasteiger partial charge is 0.462 e. The Labute approximate surface area is 431 Å². The summed E-state index contributed by atoms with van der Waals surface area (Å²) in [4.78, 5) is 38.1. The molecule has 1 unspecified atom stereocenters. The fraction of sp³-hybridized carbons (Fsp3) is 0.672. The van der Waals surface area contributed by atoms with Gasteiger partial charge in [-0.05, 0) is 128 Å². The Morgan fingerprint density at radius 1 is 0.300 bits per heavy atom. The molecule has 0 N–H and O–H groups in total. The fourth-order valence-electron chi connectivity index (χ4n) is 7.65. The molecule has 0 fully saturated rings. The second kappa shape index (κ2) is 57.6. The number of hydrogen-bond donors (Lipinski definition) is 0. The van der Waals surface area contributed by atoms with Crippen LogP contribution in [0.3, 0.4) is 0 Å². The van der Waals surface area contributed by atoms with Gasteiger partial charge in [0.2, 0.25) is 0 Å². The Hall–Kier alpha value is -3.93. The summed E-state index contributed by atoms with van der Waals surface area (Å²) in [5.41, 5.74) is 0. The second-order valence-corrected chi connectivity index (χ2v) is 18.8. The van der Waals surface area contributed by atoms with Crippen molar-refractivity contribution in [2.45, 2.75) is 264 Å². The molecule has 0 aliphatic heterocycles. The van der Waals surface area contributed by atoms with Crippen molar-refractivity contribution < 1.29 is 28.6 Å². The van der Waals surface area contributed by atoms with Gasteiger partial charge in [0, 0.05) is 19.3 Å². The number of carbonyl (C=O) groups excluding carboxylic acids is 3. The van der Waals surface area contributed by atoms with Gasteiger partial charge in [-0.3, -0.25) is 14.4 Å². The van der Waals surface area contributed by atoms with E-state index in [4.69, 9.17) is 14.2 Å². The first-order valence-corrected chi connectivity index (χ1v) is 28.9. The van der Waals surface area contributed by atoms with Crippen molar-refractivity contribution in [1.82, 2.24) is 0 Å². The van der Waals surface area contributed by atoms with Gasteiger partial charge in [0.25, 0.3) is 0 Å². The van der Waals surface area contributed by atoms with Crippen LogP contribution in [0.2, 0.25) is 0 Å². The number of unbranched alkanes of at least 4 members (excludes halogenated alkanes) is 22. The first kappa shape index (κ1) is 66.1. The zero-order chi connectivity index (χ0) is 50.7. The molecule has 6 heteroatoms. The van der Waals surface area contributed by atoms with E-state index in [9.17, 15) is 14.4 Å². The van der Waals surface area contributed by atoms with Crippen molar-refractivity contribution in [1.29, 1.82) is 0 Å². The molecule has 0 amide bonds. The molecule has 0 aromatic heterocycles. The third-order valence-corrected chi connectivity index (χ3v) is 12.0. The lowest BCUT2D eigenvalue weighted by atomic mass is 10.1. The molecule has 0 aromatic carbocycles. The highest BCUT2D eigenvalue weighted by molar-refractivity contribution is 5.71. The molecule has 0 rings (SSSR count). The molecule has 0 saturated heterocycles. The quantitative estimate of drug-likeness (QED) is 0.0262. The summed E-state index contributed by atoms with van der Waals surface area (Å²) in [6, 6.07) is 0. The van der Waals surface area contributed by atoms with E-state index >= 15 is 0 Å². The standard InChI is InChI=1S/C64H106O6/c1-4-7-10-13-16-19-22-25-27-28-29-30-31-32-33-34-35-36-37-40-42-45-48-51-54-57-63(66)69-60-61(59-68-62(65)56-53-50-47-44-41-38-24-21-18-15-12-9-6-3)70-64(67)58-55-52-49-46-43-39-26-23-20-17-14-11-8-5-2/h7,10,16,19,21,23-27,29-30,32-33,35-36,40,42,61H,4-6,8-9,11-15,17-18,20,22,28,31,34,37-39,41,43-60H2,1-3H3/b10-7-,19-16-,24-21-,26-23-,27-25-,30-29-,33-32-,36-35-,42-40-. The maximum Gasteiger partial charge on any atom is 0.306 e. The fourth-order valence-corrected chi connectivity index (χ4v) is 7.65. The first-order valence-electron chi connectivity index (χ1n) is 28.9. The Morgan fingerprint density at radius 2 is 0.557 bits per heavy atom. The molecular formula is C64H106O6. The number of ether oxygens (including phenoxy) is 3. The number of rotatable bonds is 51. The zero-order valence-electron chi connectivity index (χ0n) is 45.5. The van der Waals surface area contributed by atoms with Gasteiger partial charge in [-0.25, -0.2) is 0 Å². The van der Waals surface area contributed by atoms with Crippen LogP contribution in [0.25, 0.3) is 0 Å². The molecule has 398 valence electrons. The van der Waals surface area contributed by atoms with E-state index in [0.717, 1.165) is 135 Å². The Bertz CT molecular complexity index is 1440. The van der Waals surface area contributed by atoms with Crippen molar-refractivity contribution in [3.8, 4) is 0 Å². The lowest BCUT2D eigenvalue weighted by Crippen LogP contribution is -2.30. The number of allylic oxidation sites excluding steroid dienone is 18. The minimum atomic E-state index is -0.801. The smallest absolute Gasteiger partial charge is 0.306 e. The molecule has 0 bridgehead atoms. The molecule has 6 nitrogen and oxygen atoms in total. The lowest BCUT2D eigenvalue weighted by molar-refractivity contribution is -0.167. The topological polar surface area (TPSA) is 78.9 Å². The van der Waals surface area contributed by atoms with E-state index in [2.05, 4.69) is 130 Å². The van der Waals surface area contributed by atoms with Gasteiger partial charge >= 0.3 is 17.9 Å². The monoisotopic (exact) mass is 971 g/mol. The van der Waals surface area contributed by atoms with Gasteiger partial charge in [0.15, 0.2) is 6.10 Å². The van der Waals surface area contributed by atoms with Crippen LogP contribution >= 0.6 is 0 Å². The third kappa shape index (κ3) is 55.0. The van der Waals surface area contributed by atoms with Gasteiger partial charge in [0.05, 0.1) is 0 Å². The molecular weight excluding hydrogens is 865 g/mol. The van der Waals surface area contributed by atoms with Crippen LogP contribution in [0.1, 0.15) is 258 Å². The molecule has 0 heterocycles. The number of carbonyl (C=O) groups is 3. The minimum Gasteiger partial charge on any atom is -0.462 e. The SMILES string of the molecule is CC/C=C\C/C=C\C/C=C\C/C=C\C/C=C\C/C=C\C/C=C\CCCCCC(=O)OCC(COC(=O)CCCCCCC/C=C\CCCCCC)OC(=O)CCCCCCC/C=C\CCCCCCC. The summed E-state index contributed by atoms with van der Waals surface area (Å²) < 4.78 is 16.8. The average molecular weight is 972 g/mol. The first-order chi connectivity index (χ1) is 34.5. The Morgan fingerprint density at radius 3 is 0.914 bits per heavy atom. The van der Waals surface area contributed by atoms with Gasteiger partial charge in [0.1, 0.15) is 13.2 Å². The van der Waals surface area contributed by atoms with Crippen LogP contribution in [-0.2, 0) is 28.6 Å². The normalized spacial score (nSPS) is 12.9. The van der Waals surface area contributed by atoms with E-state index in [1.54, 1.807) is 0 Å². The van der Waals surface area contributed by atoms with Gasteiger partial charge < -0.3 is 14.2 Å². The zero-order valence-corrected chi connectivity index (χ0v) is 45.5. The maximum absolute atomic E-state index is 12.8. The molecule has 0 radical (unpaired) electrons. The molecule has 0 spiro atoms. The van der Waals surface area contributed by atoms with E-state index in [1.165, 1.54) is 83.5 Å². The van der Waals surface area contributed by atoms with Crippen LogP contribution in [0, 0.1) is 0 Å². The van der Waals surface area contributed by atoms with Crippen LogP contribution in [0.15, 0.2) is 109 Å². The summed E-state index contributed by atoms with van der Waals surface area (Å²) in [6.07, 6.45) is 77.9. The molecule has 1 atom stereocenters. The van der Waals surface area contributed by atoms with Crippen LogP contribution in [0.4, 0.5) is 0 Å². The van der Waals surface area contributed by atoms with E-state index in [-0.39, 0.29) is 31.1 Å². The van der Waals surface area contributed by atoms with Gasteiger partial charge in [-0.2, -0.15) is 0 Å². The highest BCUT2D eigenvalue weighted by atomic mass is 16.6. The lowest BCUT2D eigenvalue weighted by Gasteiger charge is -2.18. The summed E-state index contributed by atoms with van der Waals surface area (Å²) in [5, 5.41) is 0. The predicted octanol–water partition coefficient (Wildman–Crippen LogP) is 19.5. The van der Waals surface area contributed by atoms with Gasteiger partial charge in [-0.1, -0.05) is 220 Å². The maximum atomic E-state index is 12.8. The minimum absolute atomic E-state index is 0.0974. The highest BCUT2D eigenvalue weighted by Gasteiger charge is 2.19. The second-order valence-electron chi connectivity index (χ2n) is 18.8. The van der Waals surface area contributed by atoms with Crippen molar-refractivity contribution in [3.05, 3.63) is 109 Å². The van der Waals surface area contributed by atoms with Crippen LogP contribution in [0.5, 0.6) is 0 Å². The summed E-state index contributed by atoms with van der Waals surface area (Å²) >= 11 is 0. The Kier molecular flexibility index (Phi) is 54.4. The van der Waals surface area contributed by atoms with Gasteiger partial charge in [-0.15, -0.1) is 0 Å². The summed E-state index contributed by atoms with van der Waals surface area (Å²) in [7, 11) is 0. The van der Waals surface area contributed by atoms with Crippen molar-refractivity contribution in [2.24, 2.45) is 0 Å². The highest BCUT2D eigenvalue weighted by Crippen LogP contribution is 2.13.